The van der Waals surface area contributed by atoms with Crippen molar-refractivity contribution in [2.24, 2.45) is 0 Å². The van der Waals surface area contributed by atoms with Gasteiger partial charge in [0.1, 0.15) is 38.5 Å². The third kappa shape index (κ3) is 6.15. The smallest absolute Gasteiger partial charge is 0.127 e. The van der Waals surface area contributed by atoms with Crippen LogP contribution in [0.4, 0.5) is 0 Å². The molecule has 1 heterocycles. The number of aryl methyl sites for hydroxylation is 1. The van der Waals surface area contributed by atoms with Gasteiger partial charge in [0.05, 0.1) is 13.2 Å². The molecule has 1 aliphatic heterocycles. The second kappa shape index (κ2) is 10.3. The molecule has 0 atom stereocenters. The lowest BCUT2D eigenvalue weighted by molar-refractivity contribution is -1.02. The number of hydrogen-bond donors (Lipinski definition) is 2. The van der Waals surface area contributed by atoms with Crippen LogP contribution in [0.1, 0.15) is 30.9 Å². The molecule has 1 saturated heterocycles. The second-order valence-electron chi connectivity index (χ2n) is 7.47. The van der Waals surface area contributed by atoms with Gasteiger partial charge in [-0.3, -0.25) is 0 Å². The van der Waals surface area contributed by atoms with Crippen LogP contribution in [0.2, 0.25) is 0 Å². The van der Waals surface area contributed by atoms with Gasteiger partial charge in [-0.05, 0) is 37.0 Å². The molecule has 3 rings (SSSR count). The van der Waals surface area contributed by atoms with Crippen LogP contribution in [0.5, 0.6) is 5.75 Å². The molecule has 2 aromatic carbocycles. The van der Waals surface area contributed by atoms with E-state index in [1.54, 1.807) is 9.80 Å². The molecular formula is C23H34N2O+2. The van der Waals surface area contributed by atoms with E-state index in [0.717, 1.165) is 25.2 Å². The zero-order valence-electron chi connectivity index (χ0n) is 16.2. The fraction of sp³-hybridized carbons (Fsp3) is 0.478. The summed E-state index contributed by atoms with van der Waals surface area (Å²) < 4.78 is 5.91. The Kier molecular flexibility index (Phi) is 7.53. The summed E-state index contributed by atoms with van der Waals surface area (Å²) in [7, 11) is 0. The predicted molar refractivity (Wildman–Crippen MR) is 107 cm³/mol. The van der Waals surface area contributed by atoms with E-state index in [0.29, 0.717) is 0 Å². The number of nitrogens with one attached hydrogen (secondary N) is 2. The summed E-state index contributed by atoms with van der Waals surface area (Å²) in [5, 5.41) is 0. The number of rotatable bonds is 9. The Bertz CT molecular complexity index is 636. The molecule has 0 radical (unpaired) electrons. The quantitative estimate of drug-likeness (QED) is 0.652. The zero-order valence-corrected chi connectivity index (χ0v) is 16.2. The monoisotopic (exact) mass is 354 g/mol. The minimum Gasteiger partial charge on any atom is -0.494 e. The van der Waals surface area contributed by atoms with Gasteiger partial charge in [0.15, 0.2) is 0 Å². The van der Waals surface area contributed by atoms with Gasteiger partial charge in [0.2, 0.25) is 0 Å². The number of unbranched alkanes of at least 4 members (excludes halogenated alkanes) is 1. The van der Waals surface area contributed by atoms with Gasteiger partial charge in [-0.2, -0.15) is 0 Å². The van der Waals surface area contributed by atoms with Gasteiger partial charge >= 0.3 is 0 Å². The Morgan fingerprint density at radius 1 is 0.808 bits per heavy atom. The molecule has 0 spiro atoms. The molecule has 0 aromatic heterocycles. The molecule has 0 aliphatic carbocycles. The van der Waals surface area contributed by atoms with E-state index >= 15 is 0 Å². The summed E-state index contributed by atoms with van der Waals surface area (Å²) in [6, 6.07) is 19.4. The summed E-state index contributed by atoms with van der Waals surface area (Å²) in [6.07, 6.45) is 3.48. The number of ether oxygens (including phenoxy) is 1. The highest BCUT2D eigenvalue weighted by molar-refractivity contribution is 5.28. The second-order valence-corrected chi connectivity index (χ2v) is 7.47. The summed E-state index contributed by atoms with van der Waals surface area (Å²) in [6.45, 7) is 10.7. The molecular weight excluding hydrogens is 320 g/mol. The van der Waals surface area contributed by atoms with Crippen molar-refractivity contribution in [2.75, 3.05) is 39.3 Å². The van der Waals surface area contributed by atoms with Crippen LogP contribution in [0.3, 0.4) is 0 Å². The molecule has 0 saturated carbocycles. The third-order valence-corrected chi connectivity index (χ3v) is 5.46. The van der Waals surface area contributed by atoms with Crippen LogP contribution >= 0.6 is 0 Å². The van der Waals surface area contributed by atoms with E-state index in [9.17, 15) is 0 Å². The van der Waals surface area contributed by atoms with Crippen molar-refractivity contribution in [3.8, 4) is 5.75 Å². The van der Waals surface area contributed by atoms with E-state index in [2.05, 4.69) is 61.5 Å². The number of quaternary nitrogens is 2. The molecule has 0 bridgehead atoms. The third-order valence-electron chi connectivity index (χ3n) is 5.46. The zero-order chi connectivity index (χ0) is 18.0. The van der Waals surface area contributed by atoms with Gasteiger partial charge in [-0.15, -0.1) is 0 Å². The van der Waals surface area contributed by atoms with Crippen LogP contribution in [0.25, 0.3) is 0 Å². The highest BCUT2D eigenvalue weighted by Gasteiger charge is 2.22. The minimum atomic E-state index is 0.839. The molecule has 1 aliphatic rings. The van der Waals surface area contributed by atoms with Crippen LogP contribution in [-0.4, -0.2) is 39.3 Å². The number of piperazine rings is 1. The Labute approximate surface area is 158 Å². The molecule has 140 valence electrons. The van der Waals surface area contributed by atoms with Crippen LogP contribution in [0.15, 0.2) is 54.6 Å². The van der Waals surface area contributed by atoms with Crippen molar-refractivity contribution in [3.05, 3.63) is 65.7 Å². The van der Waals surface area contributed by atoms with Crippen molar-refractivity contribution in [1.29, 1.82) is 0 Å². The molecule has 0 amide bonds. The number of benzene rings is 2. The van der Waals surface area contributed by atoms with Crippen molar-refractivity contribution in [1.82, 2.24) is 0 Å². The lowest BCUT2D eigenvalue weighted by Gasteiger charge is -2.29. The van der Waals surface area contributed by atoms with Gasteiger partial charge in [0, 0.05) is 5.56 Å². The Morgan fingerprint density at radius 3 is 2.31 bits per heavy atom. The SMILES string of the molecule is CCc1cccc(OCCCC[NH+]2CC[NH+](Cc3ccccc3)CC2)c1. The molecule has 26 heavy (non-hydrogen) atoms. The molecule has 2 aromatic rings. The van der Waals surface area contributed by atoms with E-state index in [1.165, 1.54) is 56.8 Å². The minimum absolute atomic E-state index is 0.839. The first-order chi connectivity index (χ1) is 12.8. The van der Waals surface area contributed by atoms with E-state index < -0.39 is 0 Å². The molecule has 2 N–H and O–H groups in total. The maximum atomic E-state index is 5.91. The Morgan fingerprint density at radius 2 is 1.54 bits per heavy atom. The highest BCUT2D eigenvalue weighted by atomic mass is 16.5. The van der Waals surface area contributed by atoms with Gasteiger partial charge in [-0.1, -0.05) is 49.4 Å². The summed E-state index contributed by atoms with van der Waals surface area (Å²) >= 11 is 0. The molecule has 3 nitrogen and oxygen atoms in total. The maximum Gasteiger partial charge on any atom is 0.127 e. The summed E-state index contributed by atoms with van der Waals surface area (Å²) in [5.41, 5.74) is 2.82. The largest absolute Gasteiger partial charge is 0.494 e. The first-order valence-electron chi connectivity index (χ1n) is 10.3. The average Bonchev–Trinajstić information content (AvgIpc) is 2.70. The van der Waals surface area contributed by atoms with E-state index in [4.69, 9.17) is 4.74 Å². The maximum absolute atomic E-state index is 5.91. The van der Waals surface area contributed by atoms with Gasteiger partial charge in [0.25, 0.3) is 0 Å². The first-order valence-corrected chi connectivity index (χ1v) is 10.3. The first kappa shape index (κ1) is 18.9. The average molecular weight is 355 g/mol. The standard InChI is InChI=1S/C23H32N2O/c1-2-21-11-8-12-23(19-21)26-18-7-6-13-24-14-16-25(17-15-24)20-22-9-4-3-5-10-22/h3-5,8-12,19H,2,6-7,13-18,20H2,1H3/p+2. The van der Waals surface area contributed by atoms with Crippen LogP contribution in [-0.2, 0) is 13.0 Å². The predicted octanol–water partition coefficient (Wildman–Crippen LogP) is 1.39. The molecule has 3 heteroatoms. The van der Waals surface area contributed by atoms with Crippen LogP contribution in [0, 0.1) is 0 Å². The summed E-state index contributed by atoms with van der Waals surface area (Å²) in [5.74, 6) is 1.02. The van der Waals surface area contributed by atoms with Gasteiger partial charge < -0.3 is 14.5 Å². The van der Waals surface area contributed by atoms with Crippen molar-refractivity contribution >= 4 is 0 Å². The van der Waals surface area contributed by atoms with Crippen molar-refractivity contribution < 1.29 is 14.5 Å². The fourth-order valence-electron chi connectivity index (χ4n) is 3.79. The Hall–Kier alpha value is -1.84. The van der Waals surface area contributed by atoms with E-state index in [1.807, 2.05) is 0 Å². The molecule has 1 fully saturated rings. The topological polar surface area (TPSA) is 18.1 Å². The molecule has 0 unspecified atom stereocenters. The highest BCUT2D eigenvalue weighted by Crippen LogP contribution is 2.13. The lowest BCUT2D eigenvalue weighted by atomic mass is 10.2. The van der Waals surface area contributed by atoms with Crippen molar-refractivity contribution in [3.63, 3.8) is 0 Å². The Balaban J connectivity index is 1.27. The number of hydrogen-bond acceptors (Lipinski definition) is 1. The fourth-order valence-corrected chi connectivity index (χ4v) is 3.79. The lowest BCUT2D eigenvalue weighted by Crippen LogP contribution is -3.27. The summed E-state index contributed by atoms with van der Waals surface area (Å²) in [4.78, 5) is 3.51. The van der Waals surface area contributed by atoms with Crippen LogP contribution < -0.4 is 14.5 Å². The van der Waals surface area contributed by atoms with Gasteiger partial charge in [-0.25, -0.2) is 0 Å². The van der Waals surface area contributed by atoms with E-state index in [-0.39, 0.29) is 0 Å². The van der Waals surface area contributed by atoms with Crippen molar-refractivity contribution in [2.45, 2.75) is 32.7 Å². The normalized spacial score (nSPS) is 20.0.